The zero-order valence-corrected chi connectivity index (χ0v) is 24.2. The lowest BCUT2D eigenvalue weighted by atomic mass is 9.88. The van der Waals surface area contributed by atoms with Crippen molar-refractivity contribution in [2.24, 2.45) is 0 Å². The van der Waals surface area contributed by atoms with Crippen molar-refractivity contribution in [1.82, 2.24) is 0 Å². The van der Waals surface area contributed by atoms with Crippen molar-refractivity contribution >= 4 is 25.2 Å². The van der Waals surface area contributed by atoms with Crippen LogP contribution in [0.15, 0.2) is 0 Å². The summed E-state index contributed by atoms with van der Waals surface area (Å²) in [5.74, 6) is -56.3. The van der Waals surface area contributed by atoms with Crippen LogP contribution < -0.4 is 0 Å². The Morgan fingerprint density at radius 1 is 0.410 bits per heavy atom. The first-order valence-electron chi connectivity index (χ1n) is 10.5. The Labute approximate surface area is 214 Å². The molecule has 0 aliphatic rings. The molecule has 0 spiro atoms. The van der Waals surface area contributed by atoms with E-state index in [1.54, 1.807) is 0 Å². The monoisotopic (exact) mass is 668 g/mol. The Kier molecular flexibility index (Phi) is 10.1. The van der Waals surface area contributed by atoms with Crippen LogP contribution in [0.3, 0.4) is 0 Å². The van der Waals surface area contributed by atoms with Gasteiger partial charge < -0.3 is 8.23 Å². The molecule has 0 amide bonds. The summed E-state index contributed by atoms with van der Waals surface area (Å²) in [6, 6.07) is -1.36. The van der Waals surface area contributed by atoms with Crippen LogP contribution in [0, 0.1) is 0 Å². The molecule has 0 fully saturated rings. The highest BCUT2D eigenvalue weighted by molar-refractivity contribution is 6.87. The van der Waals surface area contributed by atoms with Gasteiger partial charge in [0.15, 0.2) is 16.6 Å². The maximum Gasteiger partial charge on any atom is 0.460 e. The number of alkyl halides is 17. The van der Waals surface area contributed by atoms with E-state index in [1.807, 2.05) is 0 Å². The van der Waals surface area contributed by atoms with Crippen molar-refractivity contribution in [3.8, 4) is 0 Å². The molecule has 39 heavy (non-hydrogen) atoms. The fourth-order valence-electron chi connectivity index (χ4n) is 3.16. The van der Waals surface area contributed by atoms with Crippen LogP contribution in [-0.4, -0.2) is 72.8 Å². The van der Waals surface area contributed by atoms with E-state index in [-0.39, 0.29) is 0 Å². The van der Waals surface area contributed by atoms with E-state index in [2.05, 4.69) is 0 Å². The molecule has 0 aromatic heterocycles. The molecule has 0 aromatic carbocycles. The standard InChI is InChI=1S/C17H25F17O2Si3/c1-37(2,3)35-39(7,36-38(4,5)6)9-8-10(18,19)11(20,21)12(22,23)13(24,25)14(26,27)15(28,29)16(30,31)17(32,33)34/h8-9H2,1-7H3. The minimum atomic E-state index is -8.63. The molecule has 0 heterocycles. The quantitative estimate of drug-likeness (QED) is 0.144. The molecule has 0 unspecified atom stereocenters. The lowest BCUT2D eigenvalue weighted by Crippen LogP contribution is -2.74. The minimum absolute atomic E-state index is 1.03. The van der Waals surface area contributed by atoms with Gasteiger partial charge in [0, 0.05) is 6.42 Å². The molecule has 0 radical (unpaired) electrons. The second-order valence-electron chi connectivity index (χ2n) is 10.7. The minimum Gasteiger partial charge on any atom is -0.437 e. The normalized spacial score (nSPS) is 16.6. The Morgan fingerprint density at radius 2 is 0.667 bits per heavy atom. The highest BCUT2D eigenvalue weighted by Crippen LogP contribution is 2.64. The summed E-state index contributed by atoms with van der Waals surface area (Å²) < 4.78 is 240. The third-order valence-electron chi connectivity index (χ3n) is 4.72. The lowest BCUT2D eigenvalue weighted by molar-refractivity contribution is -0.461. The predicted octanol–water partition coefficient (Wildman–Crippen LogP) is 9.16. The molecule has 0 aromatic rings. The molecule has 0 atom stereocenters. The summed E-state index contributed by atoms with van der Waals surface area (Å²) in [6.45, 7) is 9.81. The van der Waals surface area contributed by atoms with Crippen molar-refractivity contribution in [1.29, 1.82) is 0 Å². The van der Waals surface area contributed by atoms with Gasteiger partial charge in [0.25, 0.3) is 0 Å². The summed E-state index contributed by atoms with van der Waals surface area (Å²) in [7, 11) is -9.58. The molecule has 0 aliphatic carbocycles. The fraction of sp³-hybridized carbons (Fsp3) is 1.00. The van der Waals surface area contributed by atoms with Crippen LogP contribution in [0.1, 0.15) is 6.42 Å². The first kappa shape index (κ1) is 38.4. The van der Waals surface area contributed by atoms with Crippen LogP contribution in [0.4, 0.5) is 74.6 Å². The molecule has 0 N–H and O–H groups in total. The van der Waals surface area contributed by atoms with Gasteiger partial charge in [-0.1, -0.05) is 0 Å². The molecular formula is C17H25F17O2Si3. The number of rotatable bonds is 13. The van der Waals surface area contributed by atoms with Gasteiger partial charge in [0.2, 0.25) is 0 Å². The third-order valence-corrected chi connectivity index (χ3v) is 14.2. The average molecular weight is 669 g/mol. The molecule has 22 heteroatoms. The van der Waals surface area contributed by atoms with E-state index in [0.29, 0.717) is 0 Å². The van der Waals surface area contributed by atoms with Gasteiger partial charge in [-0.2, -0.15) is 74.6 Å². The van der Waals surface area contributed by atoms with Crippen LogP contribution >= 0.6 is 0 Å². The van der Waals surface area contributed by atoms with Gasteiger partial charge in [-0.25, -0.2) is 0 Å². The Hall–Kier alpha value is -0.619. The first-order valence-corrected chi connectivity index (χ1v) is 19.8. The summed E-state index contributed by atoms with van der Waals surface area (Å²) >= 11 is 0. The summed E-state index contributed by atoms with van der Waals surface area (Å²) in [4.78, 5) is 0. The molecule has 2 nitrogen and oxygen atoms in total. The topological polar surface area (TPSA) is 18.5 Å². The Balaban J connectivity index is 6.63. The van der Waals surface area contributed by atoms with E-state index < -0.39 is 85.3 Å². The van der Waals surface area contributed by atoms with Gasteiger partial charge >= 0.3 is 56.2 Å². The number of hydrogen-bond acceptors (Lipinski definition) is 2. The predicted molar refractivity (Wildman–Crippen MR) is 111 cm³/mol. The van der Waals surface area contributed by atoms with E-state index in [9.17, 15) is 74.6 Å². The zero-order valence-electron chi connectivity index (χ0n) is 21.2. The molecule has 236 valence electrons. The number of halogens is 17. The van der Waals surface area contributed by atoms with Crippen LogP contribution in [0.5, 0.6) is 0 Å². The molecule has 0 saturated carbocycles. The van der Waals surface area contributed by atoms with Gasteiger partial charge in [-0.05, 0) is 51.9 Å². The molecule has 0 aliphatic heterocycles. The molecule has 0 rings (SSSR count). The highest BCUT2D eigenvalue weighted by Gasteiger charge is 2.95. The highest BCUT2D eigenvalue weighted by atomic mass is 28.5. The lowest BCUT2D eigenvalue weighted by Gasteiger charge is -2.43. The second kappa shape index (κ2) is 10.3. The van der Waals surface area contributed by atoms with E-state index in [4.69, 9.17) is 8.23 Å². The SMILES string of the molecule is C[Si](C)(C)O[Si](C)(CCC(F)(F)C(F)(F)C(F)(F)C(F)(F)C(F)(F)C(F)(F)C(F)(F)C(F)(F)F)O[Si](C)(C)C. The first-order chi connectivity index (χ1) is 16.4. The van der Waals surface area contributed by atoms with Crippen molar-refractivity contribution in [3.05, 3.63) is 0 Å². The van der Waals surface area contributed by atoms with Gasteiger partial charge in [0.1, 0.15) is 0 Å². The van der Waals surface area contributed by atoms with E-state index in [0.717, 1.165) is 6.55 Å². The van der Waals surface area contributed by atoms with Gasteiger partial charge in [-0.3, -0.25) is 0 Å². The second-order valence-corrected chi connectivity index (χ2v) is 23.6. The summed E-state index contributed by atoms with van der Waals surface area (Å²) in [5.41, 5.74) is 0. The zero-order chi connectivity index (χ0) is 32.3. The smallest absolute Gasteiger partial charge is 0.437 e. The van der Waals surface area contributed by atoms with Crippen LogP contribution in [-0.2, 0) is 8.23 Å². The van der Waals surface area contributed by atoms with E-state index >= 15 is 0 Å². The third kappa shape index (κ3) is 7.07. The average Bonchev–Trinajstić information content (AvgIpc) is 2.61. The van der Waals surface area contributed by atoms with Crippen molar-refractivity contribution in [3.63, 3.8) is 0 Å². The van der Waals surface area contributed by atoms with Crippen molar-refractivity contribution in [2.75, 3.05) is 0 Å². The van der Waals surface area contributed by atoms with Gasteiger partial charge in [0.05, 0.1) is 0 Å². The van der Waals surface area contributed by atoms with Gasteiger partial charge in [-0.15, -0.1) is 0 Å². The molecule has 0 saturated heterocycles. The van der Waals surface area contributed by atoms with E-state index in [1.165, 1.54) is 39.3 Å². The fourth-order valence-corrected chi connectivity index (χ4v) is 15.6. The van der Waals surface area contributed by atoms with Crippen molar-refractivity contribution < 1.29 is 82.9 Å². The Morgan fingerprint density at radius 3 is 0.923 bits per heavy atom. The van der Waals surface area contributed by atoms with Crippen LogP contribution in [0.25, 0.3) is 0 Å². The summed E-state index contributed by atoms with van der Waals surface area (Å²) in [6.07, 6.45) is -10.3. The van der Waals surface area contributed by atoms with Crippen molar-refractivity contribution in [2.45, 2.75) is 106 Å². The Bertz CT molecular complexity index is 844. The van der Waals surface area contributed by atoms with Crippen LogP contribution in [0.2, 0.25) is 51.9 Å². The maximum absolute atomic E-state index is 14.3. The number of hydrogen-bond donors (Lipinski definition) is 0. The summed E-state index contributed by atoms with van der Waals surface area (Å²) in [5, 5.41) is 0. The molecular weight excluding hydrogens is 643 g/mol. The molecule has 0 bridgehead atoms. The largest absolute Gasteiger partial charge is 0.460 e. The maximum atomic E-state index is 14.3.